The van der Waals surface area contributed by atoms with Crippen molar-refractivity contribution in [2.45, 2.75) is 89.4 Å². The Morgan fingerprint density at radius 2 is 1.97 bits per heavy atom. The topological polar surface area (TPSA) is 69.7 Å². The molecule has 1 unspecified atom stereocenters. The van der Waals surface area contributed by atoms with E-state index in [1.165, 1.54) is 44.1 Å². The van der Waals surface area contributed by atoms with Gasteiger partial charge in [0.15, 0.2) is 5.12 Å². The first-order valence-electron chi connectivity index (χ1n) is 12.7. The molecule has 4 fully saturated rings. The molecular weight excluding hydrogens is 436 g/mol. The minimum atomic E-state index is -0.422. The van der Waals surface area contributed by atoms with Crippen LogP contribution in [0.1, 0.15) is 78.1 Å². The van der Waals surface area contributed by atoms with Gasteiger partial charge in [-0.25, -0.2) is 0 Å². The highest BCUT2D eigenvalue weighted by atomic mass is 32.2. The van der Waals surface area contributed by atoms with Crippen LogP contribution in [0.5, 0.6) is 0 Å². The zero-order valence-corrected chi connectivity index (χ0v) is 20.7. The molecule has 5 rings (SSSR count). The van der Waals surface area contributed by atoms with Crippen LogP contribution in [0.4, 0.5) is 0 Å². The minimum Gasteiger partial charge on any atom is -0.465 e. The average molecular weight is 473 g/mol. The van der Waals surface area contributed by atoms with E-state index in [4.69, 9.17) is 9.47 Å². The van der Waals surface area contributed by atoms with E-state index in [-0.39, 0.29) is 41.4 Å². The van der Waals surface area contributed by atoms with Crippen LogP contribution in [0.25, 0.3) is 0 Å². The Kier molecular flexibility index (Phi) is 6.26. The van der Waals surface area contributed by atoms with Crippen LogP contribution in [0, 0.1) is 28.6 Å². The Morgan fingerprint density at radius 1 is 1.12 bits per heavy atom. The predicted octanol–water partition coefficient (Wildman–Crippen LogP) is 5.38. The van der Waals surface area contributed by atoms with E-state index in [1.54, 1.807) is 0 Å². The van der Waals surface area contributed by atoms with Crippen molar-refractivity contribution in [3.05, 3.63) is 23.8 Å². The summed E-state index contributed by atoms with van der Waals surface area (Å²) in [5, 5.41) is -0.579. The van der Waals surface area contributed by atoms with E-state index >= 15 is 0 Å². The third kappa shape index (κ3) is 4.33. The maximum absolute atomic E-state index is 12.4. The summed E-state index contributed by atoms with van der Waals surface area (Å²) in [7, 11) is 0. The largest absolute Gasteiger partial charge is 0.465 e. The van der Waals surface area contributed by atoms with Crippen molar-refractivity contribution >= 4 is 28.8 Å². The van der Waals surface area contributed by atoms with Crippen LogP contribution >= 0.6 is 11.8 Å². The lowest BCUT2D eigenvalue weighted by molar-refractivity contribution is -0.146. The lowest BCUT2D eigenvalue weighted by Crippen LogP contribution is -2.48. The third-order valence-electron chi connectivity index (χ3n) is 9.39. The Balaban J connectivity index is 1.16. The van der Waals surface area contributed by atoms with Crippen LogP contribution < -0.4 is 0 Å². The van der Waals surface area contributed by atoms with Crippen LogP contribution in [0.15, 0.2) is 23.8 Å². The molecule has 0 bridgehead atoms. The molecule has 0 aromatic heterocycles. The normalized spacial score (nSPS) is 41.5. The van der Waals surface area contributed by atoms with Gasteiger partial charge in [-0.05, 0) is 73.8 Å². The zero-order valence-electron chi connectivity index (χ0n) is 19.8. The second-order valence-electron chi connectivity index (χ2n) is 11.2. The van der Waals surface area contributed by atoms with Gasteiger partial charge in [-0.1, -0.05) is 43.7 Å². The molecule has 6 heteroatoms. The number of carbonyl (C=O) groups excluding carboxylic acids is 3. The summed E-state index contributed by atoms with van der Waals surface area (Å²) in [5.41, 5.74) is 2.07. The summed E-state index contributed by atoms with van der Waals surface area (Å²) in [6.07, 6.45) is 16.1. The van der Waals surface area contributed by atoms with Gasteiger partial charge in [0.25, 0.3) is 0 Å². The molecule has 0 radical (unpaired) electrons. The first-order valence-corrected chi connectivity index (χ1v) is 13.6. The van der Waals surface area contributed by atoms with Crippen LogP contribution in [-0.2, 0) is 23.9 Å². The monoisotopic (exact) mass is 472 g/mol. The maximum Gasteiger partial charge on any atom is 0.319 e. The molecule has 0 spiro atoms. The zero-order chi connectivity index (χ0) is 23.2. The molecule has 0 aromatic rings. The number of allylic oxidation sites excluding steroid dienone is 2. The fraction of sp³-hybridized carbons (Fsp3) is 0.741. The smallest absolute Gasteiger partial charge is 0.319 e. The van der Waals surface area contributed by atoms with E-state index in [1.807, 2.05) is 0 Å². The van der Waals surface area contributed by atoms with Crippen molar-refractivity contribution in [3.8, 4) is 0 Å². The van der Waals surface area contributed by atoms with Gasteiger partial charge in [-0.2, -0.15) is 0 Å². The Bertz CT molecular complexity index is 893. The number of ether oxygens (including phenoxy) is 2. The SMILES string of the molecule is C[C@@]12CCC[C@H]1[C@@H]1CCC3=CC(OC(=O)CCC(=O)S[C@H]4CCOC4=O)C=C[C@]3(C)[C@H]1CC2. The summed E-state index contributed by atoms with van der Waals surface area (Å²) in [4.78, 5) is 36.0. The molecule has 7 atom stereocenters. The van der Waals surface area contributed by atoms with Crippen LogP contribution in [0.2, 0.25) is 0 Å². The van der Waals surface area contributed by atoms with Crippen LogP contribution in [0.3, 0.4) is 0 Å². The second-order valence-corrected chi connectivity index (χ2v) is 12.5. The minimum absolute atomic E-state index is 0.0450. The Labute approximate surface area is 201 Å². The van der Waals surface area contributed by atoms with Gasteiger partial charge >= 0.3 is 11.9 Å². The lowest BCUT2D eigenvalue weighted by atomic mass is 9.48. The van der Waals surface area contributed by atoms with Crippen molar-refractivity contribution in [2.24, 2.45) is 28.6 Å². The van der Waals surface area contributed by atoms with Gasteiger partial charge in [0.1, 0.15) is 11.4 Å². The van der Waals surface area contributed by atoms with Crippen molar-refractivity contribution < 1.29 is 23.9 Å². The maximum atomic E-state index is 12.4. The van der Waals surface area contributed by atoms with E-state index in [0.717, 1.165) is 30.0 Å². The van der Waals surface area contributed by atoms with Gasteiger partial charge < -0.3 is 9.47 Å². The summed E-state index contributed by atoms with van der Waals surface area (Å²) < 4.78 is 10.6. The highest BCUT2D eigenvalue weighted by Gasteiger charge is 2.55. The fourth-order valence-corrected chi connectivity index (χ4v) is 8.51. The number of fused-ring (bicyclic) bond motifs is 5. The molecule has 3 saturated carbocycles. The van der Waals surface area contributed by atoms with E-state index in [9.17, 15) is 14.4 Å². The molecule has 0 amide bonds. The highest BCUT2D eigenvalue weighted by molar-refractivity contribution is 8.14. The standard InChI is InChI=1S/C27H36O5S/c1-26-12-3-4-20(26)19-6-5-17-16-18(9-14-27(17,2)21(19)10-13-26)32-23(28)7-8-24(29)33-22-11-15-31-25(22)30/h9,14,16,18-22H,3-8,10-13,15H2,1-2H3/t18?,19-,20-,21-,22-,26-,27-/m0/s1. The van der Waals surface area contributed by atoms with Crippen LogP contribution in [-0.4, -0.2) is 35.0 Å². The highest BCUT2D eigenvalue weighted by Crippen LogP contribution is 2.64. The van der Waals surface area contributed by atoms with Crippen molar-refractivity contribution in [2.75, 3.05) is 6.61 Å². The van der Waals surface area contributed by atoms with Gasteiger partial charge in [0.05, 0.1) is 13.0 Å². The molecule has 5 aliphatic rings. The van der Waals surface area contributed by atoms with Crippen molar-refractivity contribution in [1.82, 2.24) is 0 Å². The molecule has 33 heavy (non-hydrogen) atoms. The molecule has 180 valence electrons. The first-order chi connectivity index (χ1) is 15.8. The number of cyclic esters (lactones) is 1. The van der Waals surface area contributed by atoms with E-state index in [0.29, 0.717) is 24.4 Å². The third-order valence-corrected chi connectivity index (χ3v) is 10.6. The summed E-state index contributed by atoms with van der Waals surface area (Å²) in [6, 6.07) is 0. The van der Waals surface area contributed by atoms with Gasteiger partial charge in [0.2, 0.25) is 0 Å². The Morgan fingerprint density at radius 3 is 2.76 bits per heavy atom. The van der Waals surface area contributed by atoms with Crippen molar-refractivity contribution in [1.29, 1.82) is 0 Å². The molecule has 4 aliphatic carbocycles. The molecular formula is C27H36O5S. The van der Waals surface area contributed by atoms with Gasteiger partial charge in [0, 0.05) is 18.3 Å². The molecule has 1 aliphatic heterocycles. The number of thioether (sulfide) groups is 1. The molecule has 0 aromatic carbocycles. The lowest BCUT2D eigenvalue weighted by Gasteiger charge is -2.56. The molecule has 1 heterocycles. The number of hydrogen-bond acceptors (Lipinski definition) is 6. The van der Waals surface area contributed by atoms with E-state index in [2.05, 4.69) is 32.1 Å². The number of carbonyl (C=O) groups is 3. The molecule has 0 N–H and O–H groups in total. The number of rotatable bonds is 5. The number of hydrogen-bond donors (Lipinski definition) is 0. The quantitative estimate of drug-likeness (QED) is 0.395. The summed E-state index contributed by atoms with van der Waals surface area (Å²) >= 11 is 0.987. The Hall–Kier alpha value is -1.56. The fourth-order valence-electron chi connectivity index (χ4n) is 7.59. The van der Waals surface area contributed by atoms with Gasteiger partial charge in [-0.3, -0.25) is 14.4 Å². The first kappa shape index (κ1) is 23.2. The van der Waals surface area contributed by atoms with E-state index < -0.39 is 5.25 Å². The predicted molar refractivity (Wildman–Crippen MR) is 127 cm³/mol. The van der Waals surface area contributed by atoms with Gasteiger partial charge in [-0.15, -0.1) is 0 Å². The molecule has 1 saturated heterocycles. The molecule has 5 nitrogen and oxygen atoms in total. The average Bonchev–Trinajstić information content (AvgIpc) is 3.37. The second kappa shape index (κ2) is 8.90. The summed E-state index contributed by atoms with van der Waals surface area (Å²) in [6.45, 7) is 5.30. The summed E-state index contributed by atoms with van der Waals surface area (Å²) in [5.74, 6) is 1.70. The van der Waals surface area contributed by atoms with Crippen molar-refractivity contribution in [3.63, 3.8) is 0 Å². The number of esters is 2.